The van der Waals surface area contributed by atoms with Crippen molar-refractivity contribution < 1.29 is 4.79 Å². The lowest BCUT2D eigenvalue weighted by atomic mass is 9.94. The Hall–Kier alpha value is -2.14. The van der Waals surface area contributed by atoms with E-state index in [2.05, 4.69) is 48.4 Å². The second kappa shape index (κ2) is 7.18. The van der Waals surface area contributed by atoms with Gasteiger partial charge in [-0.1, -0.05) is 24.3 Å². The van der Waals surface area contributed by atoms with Crippen LogP contribution in [0.2, 0.25) is 0 Å². The summed E-state index contributed by atoms with van der Waals surface area (Å²) >= 11 is 0. The number of likely N-dealkylation sites (tertiary alicyclic amines) is 1. The fraction of sp³-hybridized carbons (Fsp3) is 0.474. The molecule has 128 valence electrons. The Bertz CT molecular complexity index is 690. The van der Waals surface area contributed by atoms with Gasteiger partial charge in [0.25, 0.3) is 5.91 Å². The molecule has 1 aliphatic heterocycles. The molecule has 1 atom stereocenters. The number of carbonyl (C=O) groups is 1. The number of carbonyl (C=O) groups excluding carboxylic acids is 1. The quantitative estimate of drug-likeness (QED) is 0.867. The number of amides is 1. The number of hydrogen-bond donors (Lipinski definition) is 0. The largest absolute Gasteiger partial charge is 0.330 e. The van der Waals surface area contributed by atoms with E-state index in [-0.39, 0.29) is 11.9 Å². The van der Waals surface area contributed by atoms with Crippen molar-refractivity contribution in [3.8, 4) is 0 Å². The van der Waals surface area contributed by atoms with E-state index in [4.69, 9.17) is 0 Å². The van der Waals surface area contributed by atoms with Crippen molar-refractivity contribution in [1.29, 1.82) is 0 Å². The molecule has 1 aromatic heterocycles. The maximum atomic E-state index is 12.9. The molecule has 2 aromatic rings. The molecule has 1 fully saturated rings. The Morgan fingerprint density at radius 3 is 2.58 bits per heavy atom. The van der Waals surface area contributed by atoms with Gasteiger partial charge < -0.3 is 9.80 Å². The van der Waals surface area contributed by atoms with Crippen LogP contribution >= 0.6 is 0 Å². The molecular formula is C19H26N4O. The molecule has 1 saturated heterocycles. The Morgan fingerprint density at radius 2 is 1.96 bits per heavy atom. The molecule has 24 heavy (non-hydrogen) atoms. The Morgan fingerprint density at radius 1 is 1.21 bits per heavy atom. The van der Waals surface area contributed by atoms with E-state index in [0.717, 1.165) is 32.4 Å². The Balaban J connectivity index is 1.80. The molecule has 1 aromatic carbocycles. The van der Waals surface area contributed by atoms with Crippen LogP contribution in [0.5, 0.6) is 0 Å². The fourth-order valence-electron chi connectivity index (χ4n) is 3.41. The average molecular weight is 326 g/mol. The van der Waals surface area contributed by atoms with Gasteiger partial charge in [0.1, 0.15) is 5.69 Å². The lowest BCUT2D eigenvalue weighted by Crippen LogP contribution is -2.38. The molecule has 0 unspecified atom stereocenters. The van der Waals surface area contributed by atoms with Gasteiger partial charge in [-0.3, -0.25) is 9.48 Å². The molecule has 1 aliphatic rings. The number of benzene rings is 1. The van der Waals surface area contributed by atoms with E-state index >= 15 is 0 Å². The van der Waals surface area contributed by atoms with Crippen LogP contribution in [-0.4, -0.2) is 46.1 Å². The van der Waals surface area contributed by atoms with Crippen molar-refractivity contribution in [2.24, 2.45) is 7.05 Å². The first kappa shape index (κ1) is 16.7. The van der Waals surface area contributed by atoms with Crippen molar-refractivity contribution >= 4 is 5.91 Å². The van der Waals surface area contributed by atoms with Gasteiger partial charge in [-0.15, -0.1) is 0 Å². The van der Waals surface area contributed by atoms with Crippen LogP contribution in [0.15, 0.2) is 36.5 Å². The number of aryl methyl sites for hydroxylation is 1. The minimum absolute atomic E-state index is 0.0395. The van der Waals surface area contributed by atoms with Crippen molar-refractivity contribution in [2.75, 3.05) is 20.6 Å². The van der Waals surface area contributed by atoms with Gasteiger partial charge in [-0.25, -0.2) is 0 Å². The maximum absolute atomic E-state index is 12.9. The summed E-state index contributed by atoms with van der Waals surface area (Å²) in [5.74, 6) is 0.0395. The van der Waals surface area contributed by atoms with E-state index in [1.165, 1.54) is 11.1 Å². The van der Waals surface area contributed by atoms with Crippen molar-refractivity contribution in [2.45, 2.75) is 31.8 Å². The second-order valence-corrected chi connectivity index (χ2v) is 6.86. The third-order valence-electron chi connectivity index (χ3n) is 4.56. The fourth-order valence-corrected chi connectivity index (χ4v) is 3.41. The minimum Gasteiger partial charge on any atom is -0.330 e. The van der Waals surface area contributed by atoms with Gasteiger partial charge in [-0.2, -0.15) is 5.10 Å². The van der Waals surface area contributed by atoms with E-state index in [1.807, 2.05) is 18.1 Å². The molecule has 3 rings (SSSR count). The van der Waals surface area contributed by atoms with Crippen LogP contribution < -0.4 is 0 Å². The Kier molecular flexibility index (Phi) is 5.00. The average Bonchev–Trinajstić information content (AvgIpc) is 3.01. The van der Waals surface area contributed by atoms with Gasteiger partial charge in [0.2, 0.25) is 0 Å². The van der Waals surface area contributed by atoms with Gasteiger partial charge in [0.05, 0.1) is 6.04 Å². The summed E-state index contributed by atoms with van der Waals surface area (Å²) < 4.78 is 1.68. The number of rotatable bonds is 4. The number of aromatic nitrogens is 2. The second-order valence-electron chi connectivity index (χ2n) is 6.86. The maximum Gasteiger partial charge on any atom is 0.274 e. The zero-order chi connectivity index (χ0) is 17.1. The standard InChI is InChI=1S/C19H26N4O/c1-21(2)14-15-7-9-16(10-8-15)18-6-4-5-12-23(18)19(24)17-11-13-22(3)20-17/h7-11,13,18H,4-6,12,14H2,1-3H3/t18-/m1/s1. The third kappa shape index (κ3) is 3.67. The first-order valence-electron chi connectivity index (χ1n) is 8.59. The van der Waals surface area contributed by atoms with Crippen molar-refractivity contribution in [3.05, 3.63) is 53.3 Å². The Labute approximate surface area is 143 Å². The summed E-state index contributed by atoms with van der Waals surface area (Å²) in [6.07, 6.45) is 5.07. The topological polar surface area (TPSA) is 41.4 Å². The molecule has 0 spiro atoms. The molecular weight excluding hydrogens is 300 g/mol. The van der Waals surface area contributed by atoms with Crippen LogP contribution in [0.3, 0.4) is 0 Å². The summed E-state index contributed by atoms with van der Waals surface area (Å²) in [4.78, 5) is 17.0. The number of hydrogen-bond acceptors (Lipinski definition) is 3. The minimum atomic E-state index is 0.0395. The highest BCUT2D eigenvalue weighted by Gasteiger charge is 2.29. The normalized spacial score (nSPS) is 18.2. The smallest absolute Gasteiger partial charge is 0.274 e. The molecule has 0 saturated carbocycles. The molecule has 0 bridgehead atoms. The first-order chi connectivity index (χ1) is 11.5. The zero-order valence-electron chi connectivity index (χ0n) is 14.8. The lowest BCUT2D eigenvalue weighted by Gasteiger charge is -2.35. The van der Waals surface area contributed by atoms with Crippen LogP contribution in [0.25, 0.3) is 0 Å². The third-order valence-corrected chi connectivity index (χ3v) is 4.56. The monoisotopic (exact) mass is 326 g/mol. The van der Waals surface area contributed by atoms with Crippen LogP contribution in [-0.2, 0) is 13.6 Å². The highest BCUT2D eigenvalue weighted by atomic mass is 16.2. The van der Waals surface area contributed by atoms with E-state index in [0.29, 0.717) is 5.69 Å². The summed E-state index contributed by atoms with van der Waals surface area (Å²) in [5.41, 5.74) is 3.05. The molecule has 5 nitrogen and oxygen atoms in total. The summed E-state index contributed by atoms with van der Waals surface area (Å²) in [5, 5.41) is 4.28. The van der Waals surface area contributed by atoms with E-state index < -0.39 is 0 Å². The molecule has 2 heterocycles. The molecule has 0 N–H and O–H groups in total. The van der Waals surface area contributed by atoms with Crippen LogP contribution in [0.1, 0.15) is 46.9 Å². The van der Waals surface area contributed by atoms with Crippen LogP contribution in [0, 0.1) is 0 Å². The highest BCUT2D eigenvalue weighted by molar-refractivity contribution is 5.92. The molecule has 1 amide bonds. The summed E-state index contributed by atoms with van der Waals surface area (Å²) in [6.45, 7) is 1.74. The van der Waals surface area contributed by atoms with Gasteiger partial charge >= 0.3 is 0 Å². The predicted molar refractivity (Wildman–Crippen MR) is 94.7 cm³/mol. The van der Waals surface area contributed by atoms with Crippen molar-refractivity contribution in [1.82, 2.24) is 19.6 Å². The lowest BCUT2D eigenvalue weighted by molar-refractivity contribution is 0.0604. The molecule has 0 radical (unpaired) electrons. The summed E-state index contributed by atoms with van der Waals surface area (Å²) in [7, 11) is 5.98. The van der Waals surface area contributed by atoms with E-state index in [9.17, 15) is 4.79 Å². The van der Waals surface area contributed by atoms with Crippen LogP contribution in [0.4, 0.5) is 0 Å². The van der Waals surface area contributed by atoms with Gasteiger partial charge in [0.15, 0.2) is 0 Å². The summed E-state index contributed by atoms with van der Waals surface area (Å²) in [6, 6.07) is 10.7. The van der Waals surface area contributed by atoms with Crippen molar-refractivity contribution in [3.63, 3.8) is 0 Å². The first-order valence-corrected chi connectivity index (χ1v) is 8.59. The molecule has 0 aliphatic carbocycles. The number of piperidine rings is 1. The zero-order valence-corrected chi connectivity index (χ0v) is 14.8. The van der Waals surface area contributed by atoms with E-state index in [1.54, 1.807) is 10.7 Å². The van der Waals surface area contributed by atoms with Gasteiger partial charge in [-0.05, 0) is 50.6 Å². The predicted octanol–water partition coefficient (Wildman–Crippen LogP) is 2.85. The van der Waals surface area contributed by atoms with Gasteiger partial charge in [0, 0.05) is 26.3 Å². The number of nitrogens with zero attached hydrogens (tertiary/aromatic N) is 4. The molecule has 5 heteroatoms. The SMILES string of the molecule is CN(C)Cc1ccc([C@H]2CCCCN2C(=O)c2ccn(C)n2)cc1. The highest BCUT2D eigenvalue weighted by Crippen LogP contribution is 2.32.